The van der Waals surface area contributed by atoms with Gasteiger partial charge in [0, 0.05) is 17.6 Å². The molecular formula is C21H16ClN3O5. The second-order valence-corrected chi connectivity index (χ2v) is 6.82. The Morgan fingerprint density at radius 3 is 2.70 bits per heavy atom. The van der Waals surface area contributed by atoms with Crippen molar-refractivity contribution in [1.29, 1.82) is 0 Å². The van der Waals surface area contributed by atoms with Gasteiger partial charge in [0.15, 0.2) is 0 Å². The number of aromatic nitrogens is 1. The van der Waals surface area contributed by atoms with Gasteiger partial charge in [-0.05, 0) is 48.5 Å². The molecule has 152 valence electrons. The normalized spacial score (nSPS) is 15.6. The number of ether oxygens (including phenoxy) is 1. The smallest absolute Gasteiger partial charge is 0.331 e. The number of nitrogens with one attached hydrogen (secondary N) is 1. The molecule has 30 heavy (non-hydrogen) atoms. The number of methoxy groups -OCH3 is 1. The third-order valence-electron chi connectivity index (χ3n) is 4.57. The lowest BCUT2D eigenvalue weighted by molar-refractivity contribution is -0.130. The van der Waals surface area contributed by atoms with Crippen molar-refractivity contribution < 1.29 is 23.5 Å². The van der Waals surface area contributed by atoms with Crippen molar-refractivity contribution in [1.82, 2.24) is 14.8 Å². The van der Waals surface area contributed by atoms with Crippen molar-refractivity contribution in [3.05, 3.63) is 77.0 Å². The Morgan fingerprint density at radius 2 is 2.00 bits per heavy atom. The summed E-state index contributed by atoms with van der Waals surface area (Å²) >= 11 is 6.21. The van der Waals surface area contributed by atoms with Crippen LogP contribution in [-0.4, -0.2) is 34.4 Å². The van der Waals surface area contributed by atoms with Gasteiger partial charge in [0.2, 0.25) is 0 Å². The van der Waals surface area contributed by atoms with Gasteiger partial charge in [-0.1, -0.05) is 11.6 Å². The summed E-state index contributed by atoms with van der Waals surface area (Å²) in [7, 11) is 1.52. The van der Waals surface area contributed by atoms with Crippen LogP contribution in [0.25, 0.3) is 11.8 Å². The van der Waals surface area contributed by atoms with Crippen LogP contribution in [-0.2, 0) is 16.1 Å². The van der Waals surface area contributed by atoms with Gasteiger partial charge in [-0.15, -0.1) is 0 Å². The summed E-state index contributed by atoms with van der Waals surface area (Å²) in [5.41, 5.74) is 1.10. The highest BCUT2D eigenvalue weighted by atomic mass is 35.5. The van der Waals surface area contributed by atoms with Crippen LogP contribution < -0.4 is 10.1 Å². The Labute approximate surface area is 176 Å². The number of carbonyl (C=O) groups is 3. The second-order valence-electron chi connectivity index (χ2n) is 6.41. The monoisotopic (exact) mass is 425 g/mol. The zero-order valence-corrected chi connectivity index (χ0v) is 16.6. The van der Waals surface area contributed by atoms with Crippen molar-refractivity contribution in [3.63, 3.8) is 0 Å². The van der Waals surface area contributed by atoms with E-state index in [1.165, 1.54) is 19.4 Å². The number of halogens is 1. The summed E-state index contributed by atoms with van der Waals surface area (Å²) in [5, 5.41) is 2.61. The van der Waals surface area contributed by atoms with E-state index in [0.29, 0.717) is 27.9 Å². The first-order valence-corrected chi connectivity index (χ1v) is 9.28. The minimum Gasteiger partial charge on any atom is -0.495 e. The first kappa shape index (κ1) is 19.5. The van der Waals surface area contributed by atoms with E-state index in [1.54, 1.807) is 53.2 Å². The maximum absolute atomic E-state index is 12.9. The van der Waals surface area contributed by atoms with Gasteiger partial charge < -0.3 is 13.7 Å². The van der Waals surface area contributed by atoms with Crippen molar-refractivity contribution in [2.45, 2.75) is 6.54 Å². The highest BCUT2D eigenvalue weighted by Gasteiger charge is 2.36. The molecule has 3 aromatic rings. The van der Waals surface area contributed by atoms with Gasteiger partial charge in [0.1, 0.15) is 17.1 Å². The first-order valence-electron chi connectivity index (χ1n) is 8.90. The van der Waals surface area contributed by atoms with E-state index in [1.807, 2.05) is 0 Å². The SMILES string of the molecule is COc1ccc(-n2cccc2C=C2C(=O)NC(=O)N(Cc3ccco3)C2=O)cc1Cl. The van der Waals surface area contributed by atoms with Gasteiger partial charge in [-0.3, -0.25) is 19.8 Å². The fourth-order valence-electron chi connectivity index (χ4n) is 3.10. The van der Waals surface area contributed by atoms with E-state index >= 15 is 0 Å². The fraction of sp³-hybridized carbons (Fsp3) is 0.0952. The number of nitrogens with zero attached hydrogens (tertiary/aromatic N) is 2. The summed E-state index contributed by atoms with van der Waals surface area (Å²) in [6.45, 7) is -0.0859. The van der Waals surface area contributed by atoms with Gasteiger partial charge in [0.05, 0.1) is 24.9 Å². The Balaban J connectivity index is 1.68. The highest BCUT2D eigenvalue weighted by Crippen LogP contribution is 2.28. The zero-order chi connectivity index (χ0) is 21.3. The van der Waals surface area contributed by atoms with Crippen molar-refractivity contribution in [2.75, 3.05) is 7.11 Å². The molecule has 0 aliphatic carbocycles. The number of urea groups is 1. The van der Waals surface area contributed by atoms with Crippen LogP contribution in [0.5, 0.6) is 5.75 Å². The van der Waals surface area contributed by atoms with Crippen LogP contribution in [0, 0.1) is 0 Å². The number of hydrogen-bond acceptors (Lipinski definition) is 5. The lowest BCUT2D eigenvalue weighted by Crippen LogP contribution is -2.53. The standard InChI is InChI=1S/C21H16ClN3O5/c1-29-18-7-6-14(11-17(18)22)24-8-2-4-13(24)10-16-19(26)23-21(28)25(20(16)27)12-15-5-3-9-30-15/h2-11H,12H2,1H3,(H,23,26,28). The molecule has 4 rings (SSSR count). The third-order valence-corrected chi connectivity index (χ3v) is 4.86. The minimum absolute atomic E-state index is 0.0859. The molecule has 1 fully saturated rings. The number of furan rings is 1. The zero-order valence-electron chi connectivity index (χ0n) is 15.8. The van der Waals surface area contributed by atoms with E-state index in [-0.39, 0.29) is 12.1 Å². The van der Waals surface area contributed by atoms with Crippen LogP contribution in [0.15, 0.2) is 64.9 Å². The molecule has 1 N–H and O–H groups in total. The van der Waals surface area contributed by atoms with Crippen molar-refractivity contribution in [2.24, 2.45) is 0 Å². The molecule has 0 bridgehead atoms. The number of benzene rings is 1. The maximum atomic E-state index is 12.9. The summed E-state index contributed by atoms with van der Waals surface area (Å²) in [6.07, 6.45) is 4.63. The predicted octanol–water partition coefficient (Wildman–Crippen LogP) is 3.39. The van der Waals surface area contributed by atoms with Crippen LogP contribution in [0.2, 0.25) is 5.02 Å². The largest absolute Gasteiger partial charge is 0.495 e. The Bertz CT molecular complexity index is 1160. The molecule has 1 aromatic carbocycles. The van der Waals surface area contributed by atoms with E-state index in [9.17, 15) is 14.4 Å². The molecule has 0 radical (unpaired) electrons. The maximum Gasteiger partial charge on any atom is 0.331 e. The predicted molar refractivity (Wildman–Crippen MR) is 108 cm³/mol. The van der Waals surface area contributed by atoms with Crippen LogP contribution in [0.3, 0.4) is 0 Å². The lowest BCUT2D eigenvalue weighted by Gasteiger charge is -2.25. The molecular weight excluding hydrogens is 410 g/mol. The average Bonchev–Trinajstić information content (AvgIpc) is 3.40. The molecule has 1 saturated heterocycles. The summed E-state index contributed by atoms with van der Waals surface area (Å²) in [6, 6.07) is 11.2. The fourth-order valence-corrected chi connectivity index (χ4v) is 3.35. The van der Waals surface area contributed by atoms with Crippen LogP contribution in [0.4, 0.5) is 4.79 Å². The number of amides is 4. The van der Waals surface area contributed by atoms with E-state index in [4.69, 9.17) is 20.8 Å². The van der Waals surface area contributed by atoms with E-state index < -0.39 is 17.8 Å². The summed E-state index contributed by atoms with van der Waals surface area (Å²) in [5.74, 6) is -0.522. The van der Waals surface area contributed by atoms with Gasteiger partial charge in [0.25, 0.3) is 11.8 Å². The number of imide groups is 2. The topological polar surface area (TPSA) is 93.8 Å². The minimum atomic E-state index is -0.795. The number of barbiturate groups is 1. The average molecular weight is 426 g/mol. The Hall–Kier alpha value is -3.78. The highest BCUT2D eigenvalue weighted by molar-refractivity contribution is 6.32. The van der Waals surface area contributed by atoms with Crippen molar-refractivity contribution >= 4 is 35.5 Å². The molecule has 8 nitrogen and oxygen atoms in total. The molecule has 0 saturated carbocycles. The molecule has 0 spiro atoms. The molecule has 1 aliphatic rings. The Kier molecular flexibility index (Phi) is 5.16. The van der Waals surface area contributed by atoms with Crippen molar-refractivity contribution in [3.8, 4) is 11.4 Å². The van der Waals surface area contributed by atoms with Gasteiger partial charge in [-0.2, -0.15) is 0 Å². The summed E-state index contributed by atoms with van der Waals surface area (Å²) in [4.78, 5) is 38.3. The molecule has 4 amide bonds. The third kappa shape index (κ3) is 3.60. The first-order chi connectivity index (χ1) is 14.5. The second kappa shape index (κ2) is 7.92. The molecule has 1 aliphatic heterocycles. The quantitative estimate of drug-likeness (QED) is 0.499. The van der Waals surface area contributed by atoms with Gasteiger partial charge >= 0.3 is 6.03 Å². The number of rotatable bonds is 5. The van der Waals surface area contributed by atoms with Crippen LogP contribution >= 0.6 is 11.6 Å². The molecule has 0 unspecified atom stereocenters. The lowest BCUT2D eigenvalue weighted by atomic mass is 10.1. The molecule has 2 aromatic heterocycles. The van der Waals surface area contributed by atoms with E-state index in [0.717, 1.165) is 4.90 Å². The number of carbonyl (C=O) groups excluding carboxylic acids is 3. The van der Waals surface area contributed by atoms with Crippen LogP contribution in [0.1, 0.15) is 11.5 Å². The van der Waals surface area contributed by atoms with Gasteiger partial charge in [-0.25, -0.2) is 4.79 Å². The molecule has 0 atom stereocenters. The molecule has 9 heteroatoms. The molecule has 3 heterocycles. The number of hydrogen-bond donors (Lipinski definition) is 1. The Morgan fingerprint density at radius 1 is 1.17 bits per heavy atom. The summed E-state index contributed by atoms with van der Waals surface area (Å²) < 4.78 is 12.1. The van der Waals surface area contributed by atoms with E-state index in [2.05, 4.69) is 5.32 Å².